The Hall–Kier alpha value is -4.13. The van der Waals surface area contributed by atoms with E-state index in [0.29, 0.717) is 36.2 Å². The van der Waals surface area contributed by atoms with Crippen LogP contribution in [0.1, 0.15) is 60.9 Å². The van der Waals surface area contributed by atoms with Gasteiger partial charge in [-0.05, 0) is 74.2 Å². The Labute approximate surface area is 191 Å². The highest BCUT2D eigenvalue weighted by Crippen LogP contribution is 2.29. The summed E-state index contributed by atoms with van der Waals surface area (Å²) in [7, 11) is 0. The zero-order chi connectivity index (χ0) is 23.7. The number of aryl methyl sites for hydroxylation is 2. The Balaban J connectivity index is 1.74. The van der Waals surface area contributed by atoms with Crippen LogP contribution in [-0.4, -0.2) is 44.1 Å². The lowest BCUT2D eigenvalue weighted by atomic mass is 9.94. The minimum Gasteiger partial charge on any atom is -0.478 e. The molecule has 0 aliphatic carbocycles. The van der Waals surface area contributed by atoms with Crippen LogP contribution in [0.5, 0.6) is 0 Å². The summed E-state index contributed by atoms with van der Waals surface area (Å²) < 4.78 is 1.82. The lowest BCUT2D eigenvalue weighted by Crippen LogP contribution is -2.30. The van der Waals surface area contributed by atoms with Crippen LogP contribution in [0.3, 0.4) is 0 Å². The number of hydrogen-bond donors (Lipinski definition) is 2. The summed E-state index contributed by atoms with van der Waals surface area (Å²) in [6.07, 6.45) is 3.07. The number of amides is 1. The van der Waals surface area contributed by atoms with Gasteiger partial charge in [0.1, 0.15) is 0 Å². The maximum Gasteiger partial charge on any atom is 0.337 e. The highest BCUT2D eigenvalue weighted by atomic mass is 16.4. The Morgan fingerprint density at radius 2 is 1.52 bits per heavy atom. The molecule has 7 nitrogen and oxygen atoms in total. The molecule has 3 aromatic rings. The van der Waals surface area contributed by atoms with Crippen LogP contribution in [0, 0.1) is 13.8 Å². The smallest absolute Gasteiger partial charge is 0.337 e. The SMILES string of the molecule is Cc1ccc(C)n1-c1cc(C(=O)N2C=C(c3ccccc3C(=O)O)CCC2)ccc1C(=O)O. The number of carbonyl (C=O) groups is 3. The summed E-state index contributed by atoms with van der Waals surface area (Å²) in [6.45, 7) is 4.26. The number of benzene rings is 2. The Morgan fingerprint density at radius 3 is 2.18 bits per heavy atom. The number of rotatable bonds is 5. The van der Waals surface area contributed by atoms with Crippen molar-refractivity contribution in [3.8, 4) is 5.69 Å². The number of hydrogen-bond acceptors (Lipinski definition) is 3. The predicted molar refractivity (Wildman–Crippen MR) is 124 cm³/mol. The summed E-state index contributed by atoms with van der Waals surface area (Å²) in [5.41, 5.74) is 4.23. The van der Waals surface area contributed by atoms with Crippen molar-refractivity contribution >= 4 is 23.4 Å². The van der Waals surface area contributed by atoms with E-state index in [9.17, 15) is 24.6 Å². The lowest BCUT2D eigenvalue weighted by molar-refractivity contribution is 0.0685. The van der Waals surface area contributed by atoms with Crippen molar-refractivity contribution < 1.29 is 24.6 Å². The molecule has 0 atom stereocenters. The number of carbonyl (C=O) groups excluding carboxylic acids is 1. The average Bonchev–Trinajstić information content (AvgIpc) is 3.15. The standard InChI is InChI=1S/C26H24N2O5/c1-16-9-10-17(2)28(16)23-14-18(11-12-22(23)26(32)33)24(29)27-13-5-6-19(15-27)20-7-3-4-8-21(20)25(30)31/h3-4,7-12,14-15H,5-6,13H2,1-2H3,(H,30,31)(H,32,33). The quantitative estimate of drug-likeness (QED) is 0.591. The molecular weight excluding hydrogens is 420 g/mol. The highest BCUT2D eigenvalue weighted by molar-refractivity contribution is 6.00. The van der Waals surface area contributed by atoms with Gasteiger partial charge in [0.25, 0.3) is 5.91 Å². The van der Waals surface area contributed by atoms with E-state index in [2.05, 4.69) is 0 Å². The Bertz CT molecular complexity index is 1280. The molecule has 33 heavy (non-hydrogen) atoms. The van der Waals surface area contributed by atoms with Gasteiger partial charge in [0.2, 0.25) is 0 Å². The molecule has 168 valence electrons. The van der Waals surface area contributed by atoms with E-state index >= 15 is 0 Å². The molecule has 0 unspecified atom stereocenters. The zero-order valence-corrected chi connectivity index (χ0v) is 18.4. The van der Waals surface area contributed by atoms with Crippen LogP contribution in [0.2, 0.25) is 0 Å². The zero-order valence-electron chi connectivity index (χ0n) is 18.4. The van der Waals surface area contributed by atoms with Crippen molar-refractivity contribution in [2.75, 3.05) is 6.54 Å². The third kappa shape index (κ3) is 4.17. The van der Waals surface area contributed by atoms with Crippen molar-refractivity contribution in [3.05, 3.63) is 94.4 Å². The molecule has 1 aliphatic rings. The molecule has 2 aromatic carbocycles. The fraction of sp³-hybridized carbons (Fsp3) is 0.192. The monoisotopic (exact) mass is 444 g/mol. The molecule has 1 amide bonds. The van der Waals surface area contributed by atoms with E-state index in [1.54, 1.807) is 41.4 Å². The summed E-state index contributed by atoms with van der Waals surface area (Å²) in [5, 5.41) is 19.2. The van der Waals surface area contributed by atoms with Crippen LogP contribution in [0.15, 0.2) is 60.8 Å². The first-order valence-corrected chi connectivity index (χ1v) is 10.6. The second-order valence-corrected chi connectivity index (χ2v) is 8.10. The minimum absolute atomic E-state index is 0.110. The van der Waals surface area contributed by atoms with Gasteiger partial charge in [-0.15, -0.1) is 0 Å². The van der Waals surface area contributed by atoms with Crippen LogP contribution >= 0.6 is 0 Å². The van der Waals surface area contributed by atoms with Crippen LogP contribution in [0.25, 0.3) is 11.3 Å². The molecule has 7 heteroatoms. The molecule has 0 saturated heterocycles. The minimum atomic E-state index is -1.07. The molecule has 0 bridgehead atoms. The number of aromatic nitrogens is 1. The van der Waals surface area contributed by atoms with E-state index < -0.39 is 11.9 Å². The predicted octanol–water partition coefficient (Wildman–Crippen LogP) is 4.77. The van der Waals surface area contributed by atoms with Crippen LogP contribution < -0.4 is 0 Å². The third-order valence-electron chi connectivity index (χ3n) is 5.91. The second kappa shape index (κ2) is 8.78. The number of aromatic carboxylic acids is 2. The van der Waals surface area contributed by atoms with Gasteiger partial charge in [-0.1, -0.05) is 18.2 Å². The van der Waals surface area contributed by atoms with Crippen molar-refractivity contribution in [2.45, 2.75) is 26.7 Å². The van der Waals surface area contributed by atoms with Crippen molar-refractivity contribution in [3.63, 3.8) is 0 Å². The first-order valence-electron chi connectivity index (χ1n) is 10.6. The van der Waals surface area contributed by atoms with Crippen molar-refractivity contribution in [2.24, 2.45) is 0 Å². The number of allylic oxidation sites excluding steroid dienone is 1. The van der Waals surface area contributed by atoms with Crippen LogP contribution in [0.4, 0.5) is 0 Å². The molecule has 2 N–H and O–H groups in total. The maximum atomic E-state index is 13.4. The van der Waals surface area contributed by atoms with Crippen molar-refractivity contribution in [1.82, 2.24) is 9.47 Å². The fourth-order valence-corrected chi connectivity index (χ4v) is 4.32. The van der Waals surface area contributed by atoms with Gasteiger partial charge >= 0.3 is 11.9 Å². The molecule has 4 rings (SSSR count). The van der Waals surface area contributed by atoms with Crippen LogP contribution in [-0.2, 0) is 0 Å². The molecule has 0 saturated carbocycles. The van der Waals surface area contributed by atoms with Gasteiger partial charge in [-0.25, -0.2) is 9.59 Å². The van der Waals surface area contributed by atoms with Gasteiger partial charge in [0.15, 0.2) is 0 Å². The molecule has 1 aliphatic heterocycles. The average molecular weight is 444 g/mol. The number of nitrogens with zero attached hydrogens (tertiary/aromatic N) is 2. The van der Waals surface area contributed by atoms with E-state index in [-0.39, 0.29) is 17.0 Å². The van der Waals surface area contributed by atoms with E-state index in [4.69, 9.17) is 0 Å². The fourth-order valence-electron chi connectivity index (χ4n) is 4.32. The highest BCUT2D eigenvalue weighted by Gasteiger charge is 2.23. The van der Waals surface area contributed by atoms with Gasteiger partial charge in [-0.3, -0.25) is 4.79 Å². The Morgan fingerprint density at radius 1 is 0.848 bits per heavy atom. The number of carboxylic acid groups (broad SMARTS) is 2. The van der Waals surface area contributed by atoms with Crippen molar-refractivity contribution in [1.29, 1.82) is 0 Å². The molecule has 0 spiro atoms. The summed E-state index contributed by atoms with van der Waals surface area (Å²) >= 11 is 0. The molecule has 0 radical (unpaired) electrons. The van der Waals surface area contributed by atoms with E-state index in [1.165, 1.54) is 12.1 Å². The molecule has 1 aromatic heterocycles. The first-order chi connectivity index (χ1) is 15.8. The largest absolute Gasteiger partial charge is 0.478 e. The third-order valence-corrected chi connectivity index (χ3v) is 5.91. The van der Waals surface area contributed by atoms with E-state index in [1.807, 2.05) is 30.5 Å². The summed E-state index contributed by atoms with van der Waals surface area (Å²) in [6, 6.07) is 15.1. The molecular formula is C26H24N2O5. The summed E-state index contributed by atoms with van der Waals surface area (Å²) in [4.78, 5) is 38.4. The molecule has 0 fully saturated rings. The Kier molecular flexibility index (Phi) is 5.87. The second-order valence-electron chi connectivity index (χ2n) is 8.10. The van der Waals surface area contributed by atoms with E-state index in [0.717, 1.165) is 17.0 Å². The molecule has 2 heterocycles. The topological polar surface area (TPSA) is 99.8 Å². The number of carboxylic acids is 2. The first kappa shape index (κ1) is 22.1. The lowest BCUT2D eigenvalue weighted by Gasteiger charge is -2.26. The normalized spacial score (nSPS) is 13.5. The van der Waals surface area contributed by atoms with Gasteiger partial charge in [0, 0.05) is 29.7 Å². The summed E-state index contributed by atoms with van der Waals surface area (Å²) in [5.74, 6) is -2.34. The maximum absolute atomic E-state index is 13.4. The van der Waals surface area contributed by atoms with Gasteiger partial charge in [-0.2, -0.15) is 0 Å². The van der Waals surface area contributed by atoms with Gasteiger partial charge in [0.05, 0.1) is 16.8 Å². The van der Waals surface area contributed by atoms with Gasteiger partial charge < -0.3 is 19.7 Å².